The molecule has 0 bridgehead atoms. The van der Waals surface area contributed by atoms with Gasteiger partial charge in [0.15, 0.2) is 5.75 Å². The van der Waals surface area contributed by atoms with Crippen molar-refractivity contribution < 1.29 is 4.84 Å². The molecule has 0 aliphatic heterocycles. The summed E-state index contributed by atoms with van der Waals surface area (Å²) in [5, 5.41) is 1.90. The monoisotopic (exact) mass is 373 g/mol. The van der Waals surface area contributed by atoms with Crippen LogP contribution in [-0.4, -0.2) is 0 Å². The van der Waals surface area contributed by atoms with Crippen LogP contribution in [0.3, 0.4) is 0 Å². The maximum atomic E-state index is 6.55. The molecule has 146 valence electrons. The van der Waals surface area contributed by atoms with E-state index in [1.807, 2.05) is 41.5 Å². The molecule has 0 saturated carbocycles. The third kappa shape index (κ3) is 4.56. The first kappa shape index (κ1) is 20.0. The summed E-state index contributed by atoms with van der Waals surface area (Å²) in [7, 11) is 0. The van der Waals surface area contributed by atoms with Gasteiger partial charge in [-0.15, -0.1) is 0 Å². The summed E-state index contributed by atoms with van der Waals surface area (Å²) in [5.74, 6) is 0.883. The molecule has 2 nitrogen and oxygen atoms in total. The Balaban J connectivity index is 2.08. The molecule has 0 atom stereocenters. The van der Waals surface area contributed by atoms with E-state index in [4.69, 9.17) is 4.84 Å². The zero-order valence-corrected chi connectivity index (χ0v) is 17.9. The molecule has 0 fully saturated rings. The fourth-order valence-electron chi connectivity index (χ4n) is 3.14. The smallest absolute Gasteiger partial charge is 0.159 e. The Bertz CT molecular complexity index is 863. The Morgan fingerprint density at radius 1 is 0.607 bits per heavy atom. The van der Waals surface area contributed by atoms with Gasteiger partial charge in [0.2, 0.25) is 0 Å². The van der Waals surface area contributed by atoms with Gasteiger partial charge in [0, 0.05) is 5.56 Å². The molecule has 0 spiro atoms. The number of benzene rings is 3. The maximum Gasteiger partial charge on any atom is 0.159 e. The summed E-state index contributed by atoms with van der Waals surface area (Å²) in [6.07, 6.45) is 0. The Kier molecular flexibility index (Phi) is 5.51. The summed E-state index contributed by atoms with van der Waals surface area (Å²) in [6.45, 7) is 13.4. The van der Waals surface area contributed by atoms with Crippen LogP contribution >= 0.6 is 0 Å². The van der Waals surface area contributed by atoms with E-state index in [2.05, 4.69) is 84.0 Å². The van der Waals surface area contributed by atoms with Gasteiger partial charge < -0.3 is 4.84 Å². The second-order valence-corrected chi connectivity index (χ2v) is 9.27. The average Bonchev–Trinajstić information content (AvgIpc) is 2.66. The number of rotatable bonds is 4. The first-order valence-corrected chi connectivity index (χ1v) is 9.89. The molecule has 2 heteroatoms. The molecule has 3 rings (SSSR count). The molecule has 0 aliphatic carbocycles. The van der Waals surface area contributed by atoms with Gasteiger partial charge in [-0.3, -0.25) is 0 Å². The molecule has 0 amide bonds. The highest BCUT2D eigenvalue weighted by Crippen LogP contribution is 2.37. The van der Waals surface area contributed by atoms with Gasteiger partial charge >= 0.3 is 0 Å². The lowest BCUT2D eigenvalue weighted by molar-refractivity contribution is 0.314. The molecule has 28 heavy (non-hydrogen) atoms. The molecular weight excluding hydrogens is 342 g/mol. The van der Waals surface area contributed by atoms with E-state index in [9.17, 15) is 0 Å². The summed E-state index contributed by atoms with van der Waals surface area (Å²) in [6, 6.07) is 27.0. The van der Waals surface area contributed by atoms with Crippen molar-refractivity contribution in [2.24, 2.45) is 0 Å². The van der Waals surface area contributed by atoms with Crippen LogP contribution in [0.4, 0.5) is 11.4 Å². The van der Waals surface area contributed by atoms with E-state index < -0.39 is 0 Å². The molecular formula is C26H31NO. The van der Waals surface area contributed by atoms with Crippen LogP contribution in [0.15, 0.2) is 78.9 Å². The predicted molar refractivity (Wildman–Crippen MR) is 119 cm³/mol. The van der Waals surface area contributed by atoms with Crippen molar-refractivity contribution in [2.75, 3.05) is 5.06 Å². The van der Waals surface area contributed by atoms with E-state index in [-0.39, 0.29) is 10.8 Å². The lowest BCUT2D eigenvalue weighted by Crippen LogP contribution is -2.25. The fraction of sp³-hybridized carbons (Fsp3) is 0.308. The molecule has 3 aromatic carbocycles. The minimum absolute atomic E-state index is 0.0321. The summed E-state index contributed by atoms with van der Waals surface area (Å²) in [5.41, 5.74) is 4.57. The molecule has 0 unspecified atom stereocenters. The highest BCUT2D eigenvalue weighted by Gasteiger charge is 2.25. The van der Waals surface area contributed by atoms with Crippen LogP contribution in [0.5, 0.6) is 5.75 Å². The van der Waals surface area contributed by atoms with E-state index in [0.717, 1.165) is 17.1 Å². The Morgan fingerprint density at radius 3 is 1.54 bits per heavy atom. The van der Waals surface area contributed by atoms with Crippen molar-refractivity contribution in [3.63, 3.8) is 0 Å². The molecule has 0 aromatic heterocycles. The lowest BCUT2D eigenvalue weighted by atomic mass is 9.80. The minimum Gasteiger partial charge on any atom is -0.374 e. The van der Waals surface area contributed by atoms with E-state index in [0.29, 0.717) is 0 Å². The Hall–Kier alpha value is -2.74. The first-order chi connectivity index (χ1) is 13.2. The zero-order valence-electron chi connectivity index (χ0n) is 17.9. The van der Waals surface area contributed by atoms with Gasteiger partial charge in [0.25, 0.3) is 0 Å². The van der Waals surface area contributed by atoms with E-state index in [1.165, 1.54) is 11.1 Å². The lowest BCUT2D eigenvalue weighted by Gasteiger charge is -2.30. The second kappa shape index (κ2) is 7.71. The van der Waals surface area contributed by atoms with Crippen molar-refractivity contribution in [3.05, 3.63) is 90.0 Å². The van der Waals surface area contributed by atoms with Crippen LogP contribution in [0.25, 0.3) is 0 Å². The average molecular weight is 374 g/mol. The van der Waals surface area contributed by atoms with Gasteiger partial charge in [0.05, 0.1) is 11.4 Å². The quantitative estimate of drug-likeness (QED) is 0.441. The van der Waals surface area contributed by atoms with Crippen LogP contribution in [0.1, 0.15) is 52.7 Å². The van der Waals surface area contributed by atoms with Gasteiger partial charge in [-0.1, -0.05) is 90.1 Å². The third-order valence-corrected chi connectivity index (χ3v) is 4.82. The summed E-state index contributed by atoms with van der Waals surface area (Å²) in [4.78, 5) is 6.55. The van der Waals surface area contributed by atoms with E-state index in [1.54, 1.807) is 0 Å². The fourth-order valence-corrected chi connectivity index (χ4v) is 3.14. The van der Waals surface area contributed by atoms with Crippen molar-refractivity contribution in [1.29, 1.82) is 0 Å². The third-order valence-electron chi connectivity index (χ3n) is 4.82. The van der Waals surface area contributed by atoms with Crippen LogP contribution < -0.4 is 9.90 Å². The summed E-state index contributed by atoms with van der Waals surface area (Å²) >= 11 is 0. The molecule has 3 aromatic rings. The largest absolute Gasteiger partial charge is 0.374 e. The van der Waals surface area contributed by atoms with Crippen molar-refractivity contribution in [2.45, 2.75) is 52.4 Å². The predicted octanol–water partition coefficient (Wildman–Crippen LogP) is 7.41. The molecule has 0 aliphatic rings. The number of anilines is 2. The van der Waals surface area contributed by atoms with Crippen LogP contribution in [-0.2, 0) is 10.8 Å². The van der Waals surface area contributed by atoms with Gasteiger partial charge in [0.1, 0.15) is 0 Å². The van der Waals surface area contributed by atoms with E-state index >= 15 is 0 Å². The van der Waals surface area contributed by atoms with Gasteiger partial charge in [-0.2, -0.15) is 5.06 Å². The molecule has 0 radical (unpaired) electrons. The van der Waals surface area contributed by atoms with Crippen LogP contribution in [0.2, 0.25) is 0 Å². The van der Waals surface area contributed by atoms with Gasteiger partial charge in [-0.05, 0) is 46.7 Å². The van der Waals surface area contributed by atoms with Crippen LogP contribution in [0, 0.1) is 0 Å². The van der Waals surface area contributed by atoms with Crippen molar-refractivity contribution >= 4 is 11.4 Å². The Morgan fingerprint density at radius 2 is 1.11 bits per heavy atom. The number of para-hydroxylation sites is 2. The normalized spacial score (nSPS) is 11.9. The van der Waals surface area contributed by atoms with Crippen molar-refractivity contribution in [3.8, 4) is 5.75 Å². The molecule has 0 N–H and O–H groups in total. The summed E-state index contributed by atoms with van der Waals surface area (Å²) < 4.78 is 0. The van der Waals surface area contributed by atoms with Crippen molar-refractivity contribution in [1.82, 2.24) is 0 Å². The molecule has 0 saturated heterocycles. The maximum absolute atomic E-state index is 6.55. The highest BCUT2D eigenvalue weighted by atomic mass is 16.7. The second-order valence-electron chi connectivity index (χ2n) is 9.27. The number of nitrogens with zero attached hydrogens (tertiary/aromatic N) is 1. The molecule has 0 heterocycles. The zero-order chi connectivity index (χ0) is 20.4. The number of hydrogen-bond donors (Lipinski definition) is 0. The highest BCUT2D eigenvalue weighted by molar-refractivity contribution is 5.61. The number of hydrogen-bond acceptors (Lipinski definition) is 2. The first-order valence-electron chi connectivity index (χ1n) is 9.89. The standard InChI is InChI=1S/C26H31NO/c1-25(2,3)20-17-18-24(23(19-20)26(4,5)6)28-27(21-13-9-7-10-14-21)22-15-11-8-12-16-22/h7-19H,1-6H3. The Labute approximate surface area is 169 Å². The van der Waals surface area contributed by atoms with Gasteiger partial charge in [-0.25, -0.2) is 0 Å². The SMILES string of the molecule is CC(C)(C)c1ccc(ON(c2ccccc2)c2ccccc2)c(C(C)(C)C)c1. The minimum atomic E-state index is -0.0321. The topological polar surface area (TPSA) is 12.5 Å².